The molecular weight excluding hydrogens is 314 g/mol. The Bertz CT molecular complexity index is 808. The molecule has 2 aromatic heterocycles. The molecular formula is C16H15N3O3S. The Morgan fingerprint density at radius 1 is 1.35 bits per heavy atom. The van der Waals surface area contributed by atoms with Crippen molar-refractivity contribution < 1.29 is 14.0 Å². The van der Waals surface area contributed by atoms with Crippen molar-refractivity contribution in [2.24, 2.45) is 0 Å². The molecule has 1 saturated heterocycles. The number of rotatable bonds is 4. The van der Waals surface area contributed by atoms with Gasteiger partial charge in [0.2, 0.25) is 5.82 Å². The van der Waals surface area contributed by atoms with Crippen LogP contribution >= 0.6 is 11.3 Å². The summed E-state index contributed by atoms with van der Waals surface area (Å²) in [7, 11) is 1.63. The van der Waals surface area contributed by atoms with E-state index < -0.39 is 0 Å². The Kier molecular flexibility index (Phi) is 3.80. The molecule has 0 saturated carbocycles. The van der Waals surface area contributed by atoms with Gasteiger partial charge in [-0.05, 0) is 25.0 Å². The average Bonchev–Trinajstić information content (AvgIpc) is 3.34. The summed E-state index contributed by atoms with van der Waals surface area (Å²) in [6.07, 6.45) is 3.98. The van der Waals surface area contributed by atoms with Crippen LogP contribution < -0.4 is 4.74 Å². The Balaban J connectivity index is 1.60. The Morgan fingerprint density at radius 3 is 3.13 bits per heavy atom. The van der Waals surface area contributed by atoms with Crippen LogP contribution in [0, 0.1) is 0 Å². The SMILES string of the molecule is COc1cccc(-c2noc(-c3cnc(C4CCCO4)s3)n2)c1. The maximum absolute atomic E-state index is 5.66. The van der Waals surface area contributed by atoms with Crippen LogP contribution in [-0.2, 0) is 4.74 Å². The standard InChI is InChI=1S/C16H15N3O3S/c1-20-11-5-2-4-10(8-11)14-18-15(22-19-14)13-9-17-16(23-13)12-6-3-7-21-12/h2,4-5,8-9,12H,3,6-7H2,1H3. The Morgan fingerprint density at radius 2 is 2.30 bits per heavy atom. The second-order valence-electron chi connectivity index (χ2n) is 5.22. The lowest BCUT2D eigenvalue weighted by atomic mass is 10.2. The molecule has 0 amide bonds. The molecule has 1 aliphatic rings. The summed E-state index contributed by atoms with van der Waals surface area (Å²) in [6.45, 7) is 0.806. The summed E-state index contributed by atoms with van der Waals surface area (Å²) in [5.74, 6) is 1.77. The van der Waals surface area contributed by atoms with E-state index in [0.29, 0.717) is 11.7 Å². The highest BCUT2D eigenvalue weighted by molar-refractivity contribution is 7.15. The molecule has 4 rings (SSSR count). The number of thiazole rings is 1. The van der Waals surface area contributed by atoms with E-state index in [1.165, 1.54) is 0 Å². The van der Waals surface area contributed by atoms with Crippen LogP contribution in [0.3, 0.4) is 0 Å². The van der Waals surface area contributed by atoms with Crippen LogP contribution in [0.2, 0.25) is 0 Å². The molecule has 3 heterocycles. The highest BCUT2D eigenvalue weighted by Gasteiger charge is 2.22. The lowest BCUT2D eigenvalue weighted by Crippen LogP contribution is -1.93. The molecule has 1 unspecified atom stereocenters. The predicted molar refractivity (Wildman–Crippen MR) is 85.3 cm³/mol. The summed E-state index contributed by atoms with van der Waals surface area (Å²) in [6, 6.07) is 7.56. The zero-order valence-electron chi connectivity index (χ0n) is 12.6. The third-order valence-corrected chi connectivity index (χ3v) is 4.77. The second-order valence-corrected chi connectivity index (χ2v) is 6.28. The molecule has 1 aromatic carbocycles. The van der Waals surface area contributed by atoms with E-state index >= 15 is 0 Å². The van der Waals surface area contributed by atoms with Gasteiger partial charge in [0.1, 0.15) is 21.7 Å². The fourth-order valence-electron chi connectivity index (χ4n) is 2.51. The minimum absolute atomic E-state index is 0.106. The maximum Gasteiger partial charge on any atom is 0.269 e. The Labute approximate surface area is 137 Å². The van der Waals surface area contributed by atoms with Gasteiger partial charge in [-0.25, -0.2) is 4.98 Å². The van der Waals surface area contributed by atoms with Gasteiger partial charge in [-0.2, -0.15) is 4.98 Å². The smallest absolute Gasteiger partial charge is 0.269 e. The van der Waals surface area contributed by atoms with Crippen LogP contribution in [-0.4, -0.2) is 28.8 Å². The minimum atomic E-state index is 0.106. The normalized spacial score (nSPS) is 17.5. The molecule has 118 valence electrons. The summed E-state index contributed by atoms with van der Waals surface area (Å²) in [5, 5.41) is 5.02. The van der Waals surface area contributed by atoms with Crippen molar-refractivity contribution in [2.45, 2.75) is 18.9 Å². The lowest BCUT2D eigenvalue weighted by molar-refractivity contribution is 0.111. The van der Waals surface area contributed by atoms with Gasteiger partial charge in [0.15, 0.2) is 0 Å². The third kappa shape index (κ3) is 2.85. The minimum Gasteiger partial charge on any atom is -0.497 e. The van der Waals surface area contributed by atoms with Gasteiger partial charge >= 0.3 is 0 Å². The van der Waals surface area contributed by atoms with Crippen LogP contribution in [0.5, 0.6) is 5.75 Å². The molecule has 1 fully saturated rings. The van der Waals surface area contributed by atoms with Crippen LogP contribution in [0.25, 0.3) is 22.2 Å². The second kappa shape index (κ2) is 6.10. The molecule has 3 aromatic rings. The monoisotopic (exact) mass is 329 g/mol. The van der Waals surface area contributed by atoms with Crippen molar-refractivity contribution in [3.8, 4) is 27.9 Å². The molecule has 0 aliphatic carbocycles. The van der Waals surface area contributed by atoms with E-state index in [2.05, 4.69) is 15.1 Å². The van der Waals surface area contributed by atoms with E-state index in [-0.39, 0.29) is 6.10 Å². The number of aromatic nitrogens is 3. The third-order valence-electron chi connectivity index (χ3n) is 3.69. The van der Waals surface area contributed by atoms with Crippen molar-refractivity contribution in [3.05, 3.63) is 35.5 Å². The molecule has 0 spiro atoms. The molecule has 0 N–H and O–H groups in total. The number of methoxy groups -OCH3 is 1. The average molecular weight is 329 g/mol. The van der Waals surface area contributed by atoms with Crippen molar-refractivity contribution in [2.75, 3.05) is 13.7 Å². The number of hydrogen-bond donors (Lipinski definition) is 0. The molecule has 0 radical (unpaired) electrons. The zero-order chi connectivity index (χ0) is 15.6. The first-order valence-electron chi connectivity index (χ1n) is 7.39. The van der Waals surface area contributed by atoms with Crippen molar-refractivity contribution >= 4 is 11.3 Å². The first-order chi connectivity index (χ1) is 11.3. The van der Waals surface area contributed by atoms with Gasteiger partial charge in [0.25, 0.3) is 5.89 Å². The van der Waals surface area contributed by atoms with Crippen molar-refractivity contribution in [1.82, 2.24) is 15.1 Å². The largest absolute Gasteiger partial charge is 0.497 e. The van der Waals surface area contributed by atoms with Gasteiger partial charge in [0.05, 0.1) is 13.3 Å². The summed E-state index contributed by atoms with van der Waals surface area (Å²) < 4.78 is 16.3. The van der Waals surface area contributed by atoms with Gasteiger partial charge in [-0.15, -0.1) is 11.3 Å². The van der Waals surface area contributed by atoms with Crippen LogP contribution in [0.15, 0.2) is 35.0 Å². The van der Waals surface area contributed by atoms with Gasteiger partial charge < -0.3 is 14.0 Å². The Hall–Kier alpha value is -2.25. The first kappa shape index (κ1) is 14.3. The van der Waals surface area contributed by atoms with Gasteiger partial charge in [-0.3, -0.25) is 0 Å². The fourth-order valence-corrected chi connectivity index (χ4v) is 3.43. The van der Waals surface area contributed by atoms with E-state index in [4.69, 9.17) is 14.0 Å². The fraction of sp³-hybridized carbons (Fsp3) is 0.312. The number of hydrogen-bond acceptors (Lipinski definition) is 7. The van der Waals surface area contributed by atoms with Crippen LogP contribution in [0.4, 0.5) is 0 Å². The van der Waals surface area contributed by atoms with E-state index in [1.807, 2.05) is 24.3 Å². The molecule has 23 heavy (non-hydrogen) atoms. The maximum atomic E-state index is 5.66. The topological polar surface area (TPSA) is 70.3 Å². The highest BCUT2D eigenvalue weighted by atomic mass is 32.1. The number of nitrogens with zero attached hydrogens (tertiary/aromatic N) is 3. The molecule has 1 aliphatic heterocycles. The summed E-state index contributed by atoms with van der Waals surface area (Å²) in [5.41, 5.74) is 0.850. The molecule has 7 heteroatoms. The van der Waals surface area contributed by atoms with E-state index in [0.717, 1.165) is 40.6 Å². The highest BCUT2D eigenvalue weighted by Crippen LogP contribution is 2.35. The summed E-state index contributed by atoms with van der Waals surface area (Å²) in [4.78, 5) is 9.75. The predicted octanol–water partition coefficient (Wildman–Crippen LogP) is 3.72. The number of ether oxygens (including phenoxy) is 2. The van der Waals surface area contributed by atoms with E-state index in [1.54, 1.807) is 24.6 Å². The quantitative estimate of drug-likeness (QED) is 0.726. The van der Waals surface area contributed by atoms with Crippen molar-refractivity contribution in [3.63, 3.8) is 0 Å². The van der Waals surface area contributed by atoms with Gasteiger partial charge in [0, 0.05) is 12.2 Å². The molecule has 1 atom stereocenters. The van der Waals surface area contributed by atoms with Crippen LogP contribution in [0.1, 0.15) is 24.0 Å². The number of benzene rings is 1. The summed E-state index contributed by atoms with van der Waals surface area (Å²) >= 11 is 1.54. The van der Waals surface area contributed by atoms with Crippen molar-refractivity contribution in [1.29, 1.82) is 0 Å². The zero-order valence-corrected chi connectivity index (χ0v) is 13.4. The lowest BCUT2D eigenvalue weighted by Gasteiger charge is -2.02. The molecule has 6 nitrogen and oxygen atoms in total. The molecule has 0 bridgehead atoms. The first-order valence-corrected chi connectivity index (χ1v) is 8.21. The van der Waals surface area contributed by atoms with Gasteiger partial charge in [-0.1, -0.05) is 17.3 Å². The van der Waals surface area contributed by atoms with E-state index in [9.17, 15) is 0 Å².